The van der Waals surface area contributed by atoms with Crippen molar-refractivity contribution >= 4 is 28.8 Å². The monoisotopic (exact) mass is 362 g/mol. The Morgan fingerprint density at radius 1 is 1.07 bits per heavy atom. The van der Waals surface area contributed by atoms with Crippen LogP contribution in [-0.2, 0) is 11.3 Å². The van der Waals surface area contributed by atoms with Crippen LogP contribution in [0.3, 0.4) is 0 Å². The highest BCUT2D eigenvalue weighted by atomic mass is 16.1. The summed E-state index contributed by atoms with van der Waals surface area (Å²) in [5.74, 6) is 0.972. The summed E-state index contributed by atoms with van der Waals surface area (Å²) in [7, 11) is 0. The second-order valence-electron chi connectivity index (χ2n) is 7.48. The van der Waals surface area contributed by atoms with Crippen LogP contribution in [0, 0.1) is 0 Å². The Morgan fingerprint density at radius 3 is 2.63 bits per heavy atom. The minimum atomic E-state index is -0.0954. The molecule has 2 aliphatic rings. The highest BCUT2D eigenvalue weighted by Crippen LogP contribution is 2.39. The van der Waals surface area contributed by atoms with E-state index in [9.17, 15) is 4.79 Å². The van der Waals surface area contributed by atoms with E-state index in [-0.39, 0.29) is 11.4 Å². The zero-order valence-electron chi connectivity index (χ0n) is 15.7. The number of hydrogen-bond acceptors (Lipinski definition) is 3. The van der Waals surface area contributed by atoms with Crippen molar-refractivity contribution in [1.82, 2.24) is 0 Å². The number of carbonyl (C=O) groups is 1. The molecule has 1 aliphatic carbocycles. The van der Waals surface area contributed by atoms with Crippen LogP contribution >= 0.6 is 0 Å². The molecule has 4 rings (SSSR count). The van der Waals surface area contributed by atoms with Gasteiger partial charge >= 0.3 is 0 Å². The van der Waals surface area contributed by atoms with E-state index in [0.717, 1.165) is 41.3 Å². The maximum Gasteiger partial charge on any atom is 0.221 e. The maximum absolute atomic E-state index is 11.3. The minimum Gasteiger partial charge on any atom is -0.371 e. The molecule has 2 aromatic carbocycles. The normalized spacial score (nSPS) is 19.1. The molecular weight excluding hydrogens is 336 g/mol. The summed E-state index contributed by atoms with van der Waals surface area (Å²) >= 11 is 0. The Kier molecular flexibility index (Phi) is 4.84. The summed E-state index contributed by atoms with van der Waals surface area (Å²) in [5.41, 5.74) is 4.04. The van der Waals surface area contributed by atoms with Gasteiger partial charge in [0.1, 0.15) is 5.84 Å². The van der Waals surface area contributed by atoms with E-state index in [2.05, 4.69) is 34.1 Å². The molecule has 1 aliphatic heterocycles. The lowest BCUT2D eigenvalue weighted by Gasteiger charge is -2.44. The molecule has 1 heterocycles. The van der Waals surface area contributed by atoms with Crippen LogP contribution in [0.4, 0.5) is 17.1 Å². The van der Waals surface area contributed by atoms with Crippen molar-refractivity contribution in [2.75, 3.05) is 16.0 Å². The largest absolute Gasteiger partial charge is 0.371 e. The van der Waals surface area contributed by atoms with E-state index in [1.54, 1.807) is 0 Å². The Hall–Kier alpha value is -2.82. The molecule has 0 bridgehead atoms. The average molecular weight is 362 g/mol. The van der Waals surface area contributed by atoms with E-state index >= 15 is 0 Å². The van der Waals surface area contributed by atoms with Gasteiger partial charge < -0.3 is 16.0 Å². The van der Waals surface area contributed by atoms with Gasteiger partial charge in [0, 0.05) is 12.6 Å². The first kappa shape index (κ1) is 17.6. The summed E-state index contributed by atoms with van der Waals surface area (Å²) < 4.78 is 0. The third kappa shape index (κ3) is 3.82. The third-order valence-corrected chi connectivity index (χ3v) is 5.38. The lowest BCUT2D eigenvalue weighted by atomic mass is 9.79. The fraction of sp³-hybridized carbons (Fsp3) is 0.364. The number of fused-ring (bicyclic) bond motifs is 1. The lowest BCUT2D eigenvalue weighted by molar-refractivity contribution is -0.114. The van der Waals surface area contributed by atoms with E-state index in [1.807, 2.05) is 30.3 Å². The fourth-order valence-electron chi connectivity index (χ4n) is 4.09. The molecule has 1 spiro atoms. The minimum absolute atomic E-state index is 0.0608. The number of rotatable bonds is 3. The van der Waals surface area contributed by atoms with E-state index < -0.39 is 0 Å². The van der Waals surface area contributed by atoms with Gasteiger partial charge in [0.2, 0.25) is 5.91 Å². The third-order valence-electron chi connectivity index (χ3n) is 5.38. The highest BCUT2D eigenvalue weighted by Gasteiger charge is 2.40. The van der Waals surface area contributed by atoms with Crippen LogP contribution < -0.4 is 16.0 Å². The first-order valence-electron chi connectivity index (χ1n) is 9.70. The molecule has 2 aromatic rings. The smallest absolute Gasteiger partial charge is 0.221 e. The predicted molar refractivity (Wildman–Crippen MR) is 111 cm³/mol. The van der Waals surface area contributed by atoms with Crippen molar-refractivity contribution < 1.29 is 4.79 Å². The van der Waals surface area contributed by atoms with Gasteiger partial charge in [0.25, 0.3) is 0 Å². The molecule has 140 valence electrons. The highest BCUT2D eigenvalue weighted by molar-refractivity contribution is 6.09. The zero-order valence-corrected chi connectivity index (χ0v) is 15.7. The maximum atomic E-state index is 11.3. The predicted octanol–water partition coefficient (Wildman–Crippen LogP) is 4.78. The molecule has 27 heavy (non-hydrogen) atoms. The topological polar surface area (TPSA) is 65.5 Å². The number of anilines is 3. The molecule has 0 aromatic heterocycles. The van der Waals surface area contributed by atoms with Crippen LogP contribution in [0.2, 0.25) is 0 Å². The summed E-state index contributed by atoms with van der Waals surface area (Å²) in [4.78, 5) is 16.3. The summed E-state index contributed by atoms with van der Waals surface area (Å²) in [5, 5.41) is 10.2. The van der Waals surface area contributed by atoms with Crippen LogP contribution in [-0.4, -0.2) is 17.3 Å². The van der Waals surface area contributed by atoms with Crippen LogP contribution in [0.1, 0.15) is 44.6 Å². The number of hydrogen-bond donors (Lipinski definition) is 3. The van der Waals surface area contributed by atoms with Crippen LogP contribution in [0.5, 0.6) is 0 Å². The SMILES string of the molecule is CC(=O)Nc1cccc(CN=C2Nc3ccccc3NC23CCCCC3)c1. The number of amides is 1. The first-order chi connectivity index (χ1) is 13.1. The van der Waals surface area contributed by atoms with Gasteiger partial charge in [-0.05, 0) is 42.7 Å². The summed E-state index contributed by atoms with van der Waals surface area (Å²) in [6.07, 6.45) is 5.91. The number of nitrogens with zero attached hydrogens (tertiary/aromatic N) is 1. The van der Waals surface area contributed by atoms with E-state index in [1.165, 1.54) is 26.2 Å². The van der Waals surface area contributed by atoms with Crippen molar-refractivity contribution in [2.24, 2.45) is 4.99 Å². The van der Waals surface area contributed by atoms with Crippen molar-refractivity contribution in [3.05, 3.63) is 54.1 Å². The average Bonchev–Trinajstić information content (AvgIpc) is 2.67. The van der Waals surface area contributed by atoms with Crippen molar-refractivity contribution in [1.29, 1.82) is 0 Å². The lowest BCUT2D eigenvalue weighted by Crippen LogP contribution is -2.53. The fourth-order valence-corrected chi connectivity index (χ4v) is 4.09. The number of amidine groups is 1. The van der Waals surface area contributed by atoms with Gasteiger partial charge in [-0.25, -0.2) is 0 Å². The first-order valence-corrected chi connectivity index (χ1v) is 9.70. The number of aliphatic imine (C=N–C) groups is 1. The molecule has 1 amide bonds. The Balaban J connectivity index is 1.61. The molecule has 0 atom stereocenters. The molecule has 0 radical (unpaired) electrons. The molecule has 3 N–H and O–H groups in total. The van der Waals surface area contributed by atoms with Crippen LogP contribution in [0.25, 0.3) is 0 Å². The van der Waals surface area contributed by atoms with Crippen molar-refractivity contribution in [3.8, 4) is 0 Å². The number of benzene rings is 2. The second-order valence-corrected chi connectivity index (χ2v) is 7.48. The second kappa shape index (κ2) is 7.43. The Bertz CT molecular complexity index is 868. The van der Waals surface area contributed by atoms with Gasteiger partial charge in [-0.1, -0.05) is 43.5 Å². The molecule has 5 nitrogen and oxygen atoms in total. The zero-order chi connectivity index (χ0) is 18.7. The van der Waals surface area contributed by atoms with Gasteiger partial charge in [0.15, 0.2) is 0 Å². The van der Waals surface area contributed by atoms with Gasteiger partial charge in [-0.15, -0.1) is 0 Å². The molecular formula is C22H26N4O. The number of carbonyl (C=O) groups excluding carboxylic acids is 1. The Labute approximate surface area is 160 Å². The Morgan fingerprint density at radius 2 is 1.85 bits per heavy atom. The molecule has 1 saturated carbocycles. The molecule has 1 fully saturated rings. The van der Waals surface area contributed by atoms with Crippen LogP contribution in [0.15, 0.2) is 53.5 Å². The van der Waals surface area contributed by atoms with Crippen molar-refractivity contribution in [2.45, 2.75) is 51.1 Å². The number of para-hydroxylation sites is 2. The van der Waals surface area contributed by atoms with Gasteiger partial charge in [-0.3, -0.25) is 9.79 Å². The standard InChI is InChI=1S/C22H26N4O/c1-16(27)24-18-9-7-8-17(14-18)15-23-21-22(12-5-2-6-13-22)26-20-11-4-3-10-19(20)25-21/h3-4,7-11,14,26H,2,5-6,12-13,15H2,1H3,(H,23,25)(H,24,27). The molecule has 5 heteroatoms. The van der Waals surface area contributed by atoms with E-state index in [0.29, 0.717) is 6.54 Å². The summed E-state index contributed by atoms with van der Waals surface area (Å²) in [6.45, 7) is 2.11. The van der Waals surface area contributed by atoms with E-state index in [4.69, 9.17) is 4.99 Å². The number of nitrogens with one attached hydrogen (secondary N) is 3. The molecule has 0 saturated heterocycles. The summed E-state index contributed by atoms with van der Waals surface area (Å²) in [6, 6.07) is 16.2. The van der Waals surface area contributed by atoms with Crippen molar-refractivity contribution in [3.63, 3.8) is 0 Å². The quantitative estimate of drug-likeness (QED) is 0.736. The van der Waals surface area contributed by atoms with Gasteiger partial charge in [-0.2, -0.15) is 0 Å². The van der Waals surface area contributed by atoms with Gasteiger partial charge in [0.05, 0.1) is 23.5 Å². The molecule has 0 unspecified atom stereocenters.